The molecule has 18 heavy (non-hydrogen) atoms. The van der Waals surface area contributed by atoms with E-state index in [0.717, 1.165) is 32.2 Å². The minimum atomic E-state index is -3.09. The monoisotopic (exact) mass is 271 g/mol. The lowest BCUT2D eigenvalue weighted by atomic mass is 10.2. The first-order valence-electron chi connectivity index (χ1n) is 6.45. The van der Waals surface area contributed by atoms with E-state index in [1.54, 1.807) is 0 Å². The molecule has 6 nitrogen and oxygen atoms in total. The van der Waals surface area contributed by atoms with E-state index in [2.05, 4.69) is 15.5 Å². The largest absolute Gasteiger partial charge is 0.338 e. The molecule has 0 aliphatic carbocycles. The van der Waals surface area contributed by atoms with Crippen molar-refractivity contribution in [2.24, 2.45) is 0 Å². The van der Waals surface area contributed by atoms with Gasteiger partial charge in [-0.2, -0.15) is 4.98 Å². The maximum Gasteiger partial charge on any atom is 0.243 e. The Morgan fingerprint density at radius 3 is 2.83 bits per heavy atom. The lowest BCUT2D eigenvalue weighted by Crippen LogP contribution is -2.22. The fourth-order valence-corrected chi connectivity index (χ4v) is 4.49. The van der Waals surface area contributed by atoms with Gasteiger partial charge in [-0.1, -0.05) is 11.6 Å². The van der Waals surface area contributed by atoms with Gasteiger partial charge >= 0.3 is 0 Å². The Bertz CT molecular complexity index is 519. The smallest absolute Gasteiger partial charge is 0.243 e. The minimum absolute atomic E-state index is 0.0949. The van der Waals surface area contributed by atoms with Crippen molar-refractivity contribution in [1.29, 1.82) is 0 Å². The molecule has 1 aromatic heterocycles. The summed E-state index contributed by atoms with van der Waals surface area (Å²) in [5.74, 6) is 1.12. The third kappa shape index (κ3) is 2.16. The van der Waals surface area contributed by atoms with Gasteiger partial charge < -0.3 is 9.84 Å². The van der Waals surface area contributed by atoms with E-state index in [9.17, 15) is 8.42 Å². The van der Waals surface area contributed by atoms with Crippen molar-refractivity contribution in [3.05, 3.63) is 11.7 Å². The highest BCUT2D eigenvalue weighted by molar-refractivity contribution is 7.91. The number of sulfone groups is 1. The highest BCUT2D eigenvalue weighted by Gasteiger charge is 2.35. The quantitative estimate of drug-likeness (QED) is 0.868. The van der Waals surface area contributed by atoms with Crippen LogP contribution in [0.5, 0.6) is 0 Å². The van der Waals surface area contributed by atoms with Crippen LogP contribution in [-0.2, 0) is 9.84 Å². The zero-order valence-electron chi connectivity index (χ0n) is 10.1. The molecule has 2 aliphatic heterocycles. The van der Waals surface area contributed by atoms with Crippen LogP contribution in [-0.4, -0.2) is 30.9 Å². The summed E-state index contributed by atoms with van der Waals surface area (Å²) in [6.07, 6.45) is 4.33. The SMILES string of the molecule is O=S1(=O)CCCCC1c1noc(C2CCCN2)n1. The van der Waals surface area contributed by atoms with Crippen molar-refractivity contribution < 1.29 is 12.9 Å². The Kier molecular flexibility index (Phi) is 3.11. The third-order valence-electron chi connectivity index (χ3n) is 3.68. The molecular weight excluding hydrogens is 254 g/mol. The molecule has 0 saturated carbocycles. The van der Waals surface area contributed by atoms with Gasteiger partial charge in [0.25, 0.3) is 0 Å². The topological polar surface area (TPSA) is 85.1 Å². The second-order valence-corrected chi connectivity index (χ2v) is 7.29. The fourth-order valence-electron chi connectivity index (χ4n) is 2.66. The second-order valence-electron chi connectivity index (χ2n) is 4.99. The summed E-state index contributed by atoms with van der Waals surface area (Å²) in [4.78, 5) is 4.29. The van der Waals surface area contributed by atoms with Crippen LogP contribution in [0.2, 0.25) is 0 Å². The average molecular weight is 271 g/mol. The molecule has 0 amide bonds. The van der Waals surface area contributed by atoms with Crippen molar-refractivity contribution >= 4 is 9.84 Å². The standard InChI is InChI=1S/C11H17N3O3S/c15-18(16)7-2-1-5-9(18)10-13-11(17-14-10)8-4-3-6-12-8/h8-9,12H,1-7H2. The van der Waals surface area contributed by atoms with Gasteiger partial charge in [0.1, 0.15) is 5.25 Å². The predicted molar refractivity (Wildman–Crippen MR) is 64.7 cm³/mol. The van der Waals surface area contributed by atoms with Crippen molar-refractivity contribution in [3.8, 4) is 0 Å². The van der Waals surface area contributed by atoms with Gasteiger partial charge in [0.15, 0.2) is 15.7 Å². The number of nitrogens with zero attached hydrogens (tertiary/aromatic N) is 2. The number of nitrogens with one attached hydrogen (secondary N) is 1. The highest BCUT2D eigenvalue weighted by atomic mass is 32.2. The first-order valence-corrected chi connectivity index (χ1v) is 8.17. The summed E-state index contributed by atoms with van der Waals surface area (Å²) in [6, 6.07) is 0.0949. The zero-order chi connectivity index (χ0) is 12.6. The molecule has 2 atom stereocenters. The Labute approximate surface area is 106 Å². The molecule has 0 aromatic carbocycles. The molecule has 2 unspecified atom stereocenters. The van der Waals surface area contributed by atoms with Crippen molar-refractivity contribution in [3.63, 3.8) is 0 Å². The average Bonchev–Trinajstić information content (AvgIpc) is 2.99. The third-order valence-corrected chi connectivity index (χ3v) is 5.85. The number of aromatic nitrogens is 2. The highest BCUT2D eigenvalue weighted by Crippen LogP contribution is 2.32. The van der Waals surface area contributed by atoms with Crippen LogP contribution in [0, 0.1) is 0 Å². The Morgan fingerprint density at radius 1 is 1.22 bits per heavy atom. The lowest BCUT2D eigenvalue weighted by Gasteiger charge is -2.18. The molecular formula is C11H17N3O3S. The first kappa shape index (κ1) is 12.1. The van der Waals surface area contributed by atoms with Gasteiger partial charge in [0, 0.05) is 0 Å². The van der Waals surface area contributed by atoms with Gasteiger partial charge in [-0.05, 0) is 32.2 Å². The van der Waals surface area contributed by atoms with Crippen molar-refractivity contribution in [1.82, 2.24) is 15.5 Å². The molecule has 100 valence electrons. The normalized spacial score (nSPS) is 31.6. The van der Waals surface area contributed by atoms with Gasteiger partial charge in [-0.15, -0.1) is 0 Å². The van der Waals surface area contributed by atoms with E-state index >= 15 is 0 Å². The van der Waals surface area contributed by atoms with Crippen LogP contribution in [0.1, 0.15) is 55.1 Å². The van der Waals surface area contributed by atoms with E-state index in [0.29, 0.717) is 18.1 Å². The van der Waals surface area contributed by atoms with Crippen molar-refractivity contribution in [2.45, 2.75) is 43.4 Å². The van der Waals surface area contributed by atoms with Gasteiger partial charge in [0.2, 0.25) is 5.89 Å². The predicted octanol–water partition coefficient (Wildman–Crippen LogP) is 1.13. The molecule has 2 aliphatic rings. The van der Waals surface area contributed by atoms with Crippen LogP contribution in [0.15, 0.2) is 4.52 Å². The van der Waals surface area contributed by atoms with Gasteiger partial charge in [-0.25, -0.2) is 8.42 Å². The molecule has 0 bridgehead atoms. The summed E-state index contributed by atoms with van der Waals surface area (Å²) in [5, 5.41) is 6.57. The first-order chi connectivity index (χ1) is 8.67. The lowest BCUT2D eigenvalue weighted by molar-refractivity contribution is 0.340. The summed E-state index contributed by atoms with van der Waals surface area (Å²) < 4.78 is 29.2. The summed E-state index contributed by atoms with van der Waals surface area (Å²) in [6.45, 7) is 0.949. The minimum Gasteiger partial charge on any atom is -0.338 e. The maximum absolute atomic E-state index is 12.0. The van der Waals surface area contributed by atoms with Crippen LogP contribution in [0.3, 0.4) is 0 Å². The van der Waals surface area contributed by atoms with E-state index in [1.807, 2.05) is 0 Å². The maximum atomic E-state index is 12.0. The van der Waals surface area contributed by atoms with Crippen LogP contribution in [0.4, 0.5) is 0 Å². The molecule has 3 heterocycles. The molecule has 0 spiro atoms. The number of hydrogen-bond donors (Lipinski definition) is 1. The van der Waals surface area contributed by atoms with Crippen LogP contribution >= 0.6 is 0 Å². The van der Waals surface area contributed by atoms with Crippen molar-refractivity contribution in [2.75, 3.05) is 12.3 Å². The van der Waals surface area contributed by atoms with Gasteiger partial charge in [-0.3, -0.25) is 0 Å². The Hall–Kier alpha value is -0.950. The van der Waals surface area contributed by atoms with E-state index in [1.165, 1.54) is 0 Å². The second kappa shape index (κ2) is 4.62. The van der Waals surface area contributed by atoms with E-state index in [4.69, 9.17) is 4.52 Å². The zero-order valence-corrected chi connectivity index (χ0v) is 10.9. The van der Waals surface area contributed by atoms with E-state index in [-0.39, 0.29) is 11.8 Å². The summed E-state index contributed by atoms with van der Waals surface area (Å²) in [5.41, 5.74) is 0. The van der Waals surface area contributed by atoms with Crippen LogP contribution < -0.4 is 5.32 Å². The molecule has 3 rings (SSSR count). The Balaban J connectivity index is 1.83. The summed E-state index contributed by atoms with van der Waals surface area (Å²) in [7, 11) is -3.09. The van der Waals surface area contributed by atoms with Crippen LogP contribution in [0.25, 0.3) is 0 Å². The number of rotatable bonds is 2. The van der Waals surface area contributed by atoms with E-state index < -0.39 is 15.1 Å². The molecule has 2 saturated heterocycles. The Morgan fingerprint density at radius 2 is 2.11 bits per heavy atom. The molecule has 0 radical (unpaired) electrons. The molecule has 2 fully saturated rings. The fraction of sp³-hybridized carbons (Fsp3) is 0.818. The van der Waals surface area contributed by atoms with Gasteiger partial charge in [0.05, 0.1) is 11.8 Å². The molecule has 7 heteroatoms. The summed E-state index contributed by atoms with van der Waals surface area (Å²) >= 11 is 0. The molecule has 1 aromatic rings. The molecule has 1 N–H and O–H groups in total. The number of hydrogen-bond acceptors (Lipinski definition) is 6.